The van der Waals surface area contributed by atoms with Crippen molar-refractivity contribution in [3.8, 4) is 0 Å². The smallest absolute Gasteiger partial charge is 0.0480 e. The van der Waals surface area contributed by atoms with Crippen molar-refractivity contribution in [3.05, 3.63) is 467 Å². The lowest BCUT2D eigenvalue weighted by Crippen LogP contribution is -2.26. The van der Waals surface area contributed by atoms with E-state index in [0.29, 0.717) is 0 Å². The van der Waals surface area contributed by atoms with Crippen LogP contribution in [-0.4, -0.2) is 91.5 Å². The Balaban J connectivity index is 0.000000137. The van der Waals surface area contributed by atoms with Crippen LogP contribution in [-0.2, 0) is 58.9 Å². The van der Waals surface area contributed by atoms with E-state index in [2.05, 4.69) is 472 Å². The van der Waals surface area contributed by atoms with Crippen LogP contribution in [0.25, 0.3) is 78.7 Å². The summed E-state index contributed by atoms with van der Waals surface area (Å²) in [6, 6.07) is 122. The number of nitrogens with zero attached hydrogens (tertiary/aromatic N) is 5. The van der Waals surface area contributed by atoms with Gasteiger partial charge in [-0.2, -0.15) is 0 Å². The SMILES string of the molecule is C(=C\c1ccccc1)/CN(CCc1c[nH]c2ccccc12)Cc1cccc2ccccc12.C(=C\c1ccccc1)/CN(CCc1c[nH]c2ccccc12)Cc1ccccc1.CC.Cc1ccc(CN(C/C=C/c2ccccc2)CCc2c[nH]c3ccccc23)cc1.Cn1cc(CCN(C/C=C/c2ccccc2)Cc2ccccc2)c2ccccc21. The number of benzene rings is 13. The molecule has 120 heavy (non-hydrogen) atoms. The number of aromatic amines is 3. The average molecular weight is 1570 g/mol. The van der Waals surface area contributed by atoms with Crippen LogP contribution < -0.4 is 0 Å². The van der Waals surface area contributed by atoms with Gasteiger partial charge in [-0.1, -0.05) is 390 Å². The van der Waals surface area contributed by atoms with Crippen molar-refractivity contribution in [3.63, 3.8) is 0 Å². The molecule has 0 radical (unpaired) electrons. The summed E-state index contributed by atoms with van der Waals surface area (Å²) in [4.78, 5) is 20.3. The second kappa shape index (κ2) is 46.3. The Bertz CT molecular complexity index is 5930. The number of H-pyrrole nitrogens is 3. The summed E-state index contributed by atoms with van der Waals surface area (Å²) < 4.78 is 2.24. The van der Waals surface area contributed by atoms with Gasteiger partial charge in [-0.25, -0.2) is 0 Å². The fourth-order valence-electron chi connectivity index (χ4n) is 15.6. The Kier molecular flexibility index (Phi) is 32.8. The van der Waals surface area contributed by atoms with Crippen LogP contribution in [0.1, 0.15) is 86.2 Å². The van der Waals surface area contributed by atoms with E-state index >= 15 is 0 Å². The van der Waals surface area contributed by atoms with Gasteiger partial charge in [0.25, 0.3) is 0 Å². The first-order chi connectivity index (χ1) is 59.3. The van der Waals surface area contributed by atoms with Crippen molar-refractivity contribution in [2.24, 2.45) is 7.05 Å². The molecular formula is C112H116N8. The summed E-state index contributed by atoms with van der Waals surface area (Å²) in [5.74, 6) is 0. The minimum Gasteiger partial charge on any atom is -0.361 e. The molecule has 4 heterocycles. The normalized spacial score (nSPS) is 11.5. The molecule has 0 saturated heterocycles. The van der Waals surface area contributed by atoms with Crippen molar-refractivity contribution in [1.29, 1.82) is 0 Å². The van der Waals surface area contributed by atoms with Crippen LogP contribution in [0.15, 0.2) is 395 Å². The molecule has 0 bridgehead atoms. The van der Waals surface area contributed by atoms with Crippen molar-refractivity contribution in [2.45, 2.75) is 72.6 Å². The van der Waals surface area contributed by atoms with Crippen molar-refractivity contribution in [1.82, 2.24) is 39.1 Å². The van der Waals surface area contributed by atoms with Crippen LogP contribution >= 0.6 is 0 Å². The van der Waals surface area contributed by atoms with Crippen molar-refractivity contribution >= 4 is 78.7 Å². The van der Waals surface area contributed by atoms with E-state index in [9.17, 15) is 0 Å². The summed E-state index contributed by atoms with van der Waals surface area (Å²) in [5, 5.41) is 8.03. The topological polar surface area (TPSA) is 65.3 Å². The maximum atomic E-state index is 3.42. The first kappa shape index (κ1) is 85.0. The number of rotatable bonds is 32. The lowest BCUT2D eigenvalue weighted by molar-refractivity contribution is 0.299. The molecule has 8 heteroatoms. The van der Waals surface area contributed by atoms with E-state index in [1.807, 2.05) is 13.8 Å². The van der Waals surface area contributed by atoms with Crippen molar-refractivity contribution < 1.29 is 0 Å². The summed E-state index contributed by atoms with van der Waals surface area (Å²) in [6.45, 7) is 17.8. The molecule has 0 spiro atoms. The Morgan fingerprint density at radius 2 is 0.567 bits per heavy atom. The highest BCUT2D eigenvalue weighted by Gasteiger charge is 2.15. The lowest BCUT2D eigenvalue weighted by atomic mass is 10.0. The van der Waals surface area contributed by atoms with Gasteiger partial charge in [-0.15, -0.1) is 0 Å². The minimum absolute atomic E-state index is 0.917. The van der Waals surface area contributed by atoms with Crippen LogP contribution in [0.3, 0.4) is 0 Å². The minimum atomic E-state index is 0.917. The molecule has 4 aromatic heterocycles. The van der Waals surface area contributed by atoms with E-state index in [1.165, 1.54) is 127 Å². The Morgan fingerprint density at radius 3 is 0.958 bits per heavy atom. The number of nitrogens with one attached hydrogen (secondary N) is 3. The van der Waals surface area contributed by atoms with E-state index in [4.69, 9.17) is 0 Å². The maximum Gasteiger partial charge on any atom is 0.0480 e. The van der Waals surface area contributed by atoms with Crippen LogP contribution in [0, 0.1) is 6.92 Å². The van der Waals surface area contributed by atoms with Gasteiger partial charge >= 0.3 is 0 Å². The molecule has 604 valence electrons. The van der Waals surface area contributed by atoms with Crippen molar-refractivity contribution in [2.75, 3.05) is 52.4 Å². The Labute approximate surface area is 712 Å². The third kappa shape index (κ3) is 26.0. The zero-order valence-corrected chi connectivity index (χ0v) is 70.4. The number of aryl methyl sites for hydroxylation is 2. The Morgan fingerprint density at radius 1 is 0.267 bits per heavy atom. The van der Waals surface area contributed by atoms with Gasteiger partial charge in [-0.05, 0) is 134 Å². The van der Waals surface area contributed by atoms with Crippen LogP contribution in [0.4, 0.5) is 0 Å². The van der Waals surface area contributed by atoms with Gasteiger partial charge in [0.05, 0.1) is 0 Å². The molecule has 17 rings (SSSR count). The molecule has 0 fully saturated rings. The second-order valence-electron chi connectivity index (χ2n) is 30.6. The molecular weight excluding hydrogens is 1460 g/mol. The summed E-state index contributed by atoms with van der Waals surface area (Å²) in [6.07, 6.45) is 30.9. The molecule has 0 amide bonds. The molecule has 8 nitrogen and oxygen atoms in total. The molecule has 0 aliphatic carbocycles. The number of hydrogen-bond acceptors (Lipinski definition) is 4. The van der Waals surface area contributed by atoms with Gasteiger partial charge in [0.1, 0.15) is 0 Å². The fourth-order valence-corrected chi connectivity index (χ4v) is 15.6. The quantitative estimate of drug-likeness (QED) is 0.0393. The highest BCUT2D eigenvalue weighted by Crippen LogP contribution is 2.27. The third-order valence-corrected chi connectivity index (χ3v) is 22.0. The molecule has 0 aliphatic rings. The van der Waals surface area contributed by atoms with Gasteiger partial charge in [0.2, 0.25) is 0 Å². The zero-order chi connectivity index (χ0) is 82.4. The summed E-state index contributed by atoms with van der Waals surface area (Å²) in [5.41, 5.74) is 22.3. The fraction of sp³-hybridized carbons (Fsp3) is 0.179. The lowest BCUT2D eigenvalue weighted by Gasteiger charge is -2.22. The third-order valence-electron chi connectivity index (χ3n) is 22.0. The predicted octanol–water partition coefficient (Wildman–Crippen LogP) is 26.2. The molecule has 0 aliphatic heterocycles. The van der Waals surface area contributed by atoms with E-state index < -0.39 is 0 Å². The second-order valence-corrected chi connectivity index (χ2v) is 30.6. The summed E-state index contributed by atoms with van der Waals surface area (Å²) in [7, 11) is 2.14. The van der Waals surface area contributed by atoms with Crippen LogP contribution in [0.5, 0.6) is 0 Å². The highest BCUT2D eigenvalue weighted by atomic mass is 15.1. The highest BCUT2D eigenvalue weighted by molar-refractivity contribution is 5.87. The molecule has 0 atom stereocenters. The first-order valence-electron chi connectivity index (χ1n) is 42.9. The van der Waals surface area contributed by atoms with E-state index in [0.717, 1.165) is 104 Å². The Hall–Kier alpha value is -12.9. The molecule has 17 aromatic rings. The van der Waals surface area contributed by atoms with E-state index in [-0.39, 0.29) is 0 Å². The maximum absolute atomic E-state index is 3.42. The number of hydrogen-bond donors (Lipinski definition) is 3. The standard InChI is InChI=1S/C30H28N2.2C27H28N2.C26H26N2.C2H6/c1-2-10-24(11-3-1)12-9-20-32(21-19-26-22-31-30-18-7-6-17-29(26)30)23-27-15-8-14-25-13-4-5-16-28(25)27;1-28-22-25(26-16-8-9-17-27(26)28)18-20-29(21-24-13-6-3-7-14-24)19-10-15-23-11-4-2-5-12-23;1-22-13-15-24(16-14-22)21-29(18-7-10-23-8-3-2-4-9-23)19-17-25-20-28-27-12-6-5-11-26(25)27;1-3-10-22(11-4-1)14-9-18-28(21-23-12-5-2-6-13-23)19-17-24-20-27-26-16-8-7-15-25(24)26;1-2/h1-18,22,31H,19-21,23H2;2-17,22H,18-21H2,1H3;2-16,20,28H,17-19,21H2,1H3;1-16,20,27H,17-19,21H2;1-2H3/b12-9+;15-10+;10-7+;14-9+;. The van der Waals surface area contributed by atoms with Gasteiger partial charge in [-0.3, -0.25) is 19.6 Å². The summed E-state index contributed by atoms with van der Waals surface area (Å²) >= 11 is 0. The van der Waals surface area contributed by atoms with E-state index in [1.54, 1.807) is 0 Å². The van der Waals surface area contributed by atoms with Crippen LogP contribution in [0.2, 0.25) is 0 Å². The molecule has 0 saturated carbocycles. The molecule has 0 unspecified atom stereocenters. The number of aromatic nitrogens is 4. The average Bonchev–Trinajstić information content (AvgIpc) is 1.61. The number of para-hydroxylation sites is 4. The molecule has 3 N–H and O–H groups in total. The largest absolute Gasteiger partial charge is 0.361 e. The van der Waals surface area contributed by atoms with Gasteiger partial charge in [0.15, 0.2) is 0 Å². The number of fused-ring (bicyclic) bond motifs is 5. The first-order valence-corrected chi connectivity index (χ1v) is 42.9. The molecule has 13 aromatic carbocycles. The van der Waals surface area contributed by atoms with Gasteiger partial charge < -0.3 is 19.5 Å². The van der Waals surface area contributed by atoms with Gasteiger partial charge in [0, 0.05) is 154 Å². The predicted molar refractivity (Wildman–Crippen MR) is 515 cm³/mol. The monoisotopic (exact) mass is 1570 g/mol. The zero-order valence-electron chi connectivity index (χ0n) is 70.4.